The van der Waals surface area contributed by atoms with E-state index in [-0.39, 0.29) is 22.7 Å². The number of nitrogens with one attached hydrogen (secondary N) is 4. The topological polar surface area (TPSA) is 142 Å². The maximum absolute atomic E-state index is 12.8. The minimum absolute atomic E-state index is 0.00761. The van der Waals surface area contributed by atoms with Gasteiger partial charge in [-0.3, -0.25) is 0 Å². The molecule has 0 spiro atoms. The predicted octanol–water partition coefficient (Wildman–Crippen LogP) is 4.07. The maximum Gasteiger partial charge on any atom is 0.240 e. The molecule has 0 unspecified atom stereocenters. The van der Waals surface area contributed by atoms with Gasteiger partial charge in [0.05, 0.1) is 10.1 Å². The summed E-state index contributed by atoms with van der Waals surface area (Å²) < 4.78 is 55.2. The Morgan fingerprint density at radius 1 is 0.895 bits per heavy atom. The molecular weight excluding hydrogens is 524 g/mol. The van der Waals surface area contributed by atoms with Crippen LogP contribution in [0.2, 0.25) is 0 Å². The average molecular weight is 557 g/mol. The fourth-order valence-corrected chi connectivity index (χ4v) is 7.06. The number of rotatable bonds is 11. The number of hydrogen-bond donors (Lipinski definition) is 4. The van der Waals surface area contributed by atoms with Gasteiger partial charge in [0.1, 0.15) is 5.82 Å². The Hall–Kier alpha value is -3.06. The van der Waals surface area contributed by atoms with Crippen molar-refractivity contribution in [1.82, 2.24) is 19.4 Å². The van der Waals surface area contributed by atoms with Crippen molar-refractivity contribution in [2.45, 2.75) is 68.2 Å². The highest BCUT2D eigenvalue weighted by molar-refractivity contribution is 7.90. The van der Waals surface area contributed by atoms with Crippen molar-refractivity contribution in [1.29, 1.82) is 0 Å². The summed E-state index contributed by atoms with van der Waals surface area (Å²) in [5.41, 5.74) is 3.04. The van der Waals surface area contributed by atoms with Crippen LogP contribution in [0.1, 0.15) is 49.7 Å². The first-order valence-corrected chi connectivity index (χ1v) is 15.8. The Morgan fingerprint density at radius 3 is 2.34 bits per heavy atom. The van der Waals surface area contributed by atoms with Crippen LogP contribution >= 0.6 is 0 Å². The van der Waals surface area contributed by atoms with Crippen LogP contribution in [0.25, 0.3) is 0 Å². The summed E-state index contributed by atoms with van der Waals surface area (Å²) in [6.07, 6.45) is 6.97. The lowest BCUT2D eigenvalue weighted by Crippen LogP contribution is -2.32. The molecule has 2 saturated carbocycles. The molecule has 0 atom stereocenters. The van der Waals surface area contributed by atoms with Crippen LogP contribution in [0, 0.1) is 6.92 Å². The summed E-state index contributed by atoms with van der Waals surface area (Å²) in [7, 11) is -6.84. The number of hydrogen-bond acceptors (Lipinski definition) is 8. The van der Waals surface area contributed by atoms with Crippen LogP contribution in [0.4, 0.5) is 23.1 Å². The second-order valence-electron chi connectivity index (χ2n) is 9.87. The number of anilines is 4. The van der Waals surface area contributed by atoms with E-state index >= 15 is 0 Å². The molecular formula is C26H32N6O4S2. The third-order valence-electron chi connectivity index (χ3n) is 6.71. The number of aromatic nitrogens is 2. The van der Waals surface area contributed by atoms with E-state index in [1.807, 2.05) is 31.2 Å². The first kappa shape index (κ1) is 26.5. The van der Waals surface area contributed by atoms with Gasteiger partial charge in [-0.15, -0.1) is 0 Å². The summed E-state index contributed by atoms with van der Waals surface area (Å²) in [6.45, 7) is 2.14. The Bertz CT molecular complexity index is 1500. The molecule has 0 saturated heterocycles. The molecule has 2 fully saturated rings. The van der Waals surface area contributed by atoms with Gasteiger partial charge in [0, 0.05) is 35.7 Å². The predicted molar refractivity (Wildman–Crippen MR) is 148 cm³/mol. The molecule has 2 aromatic carbocycles. The highest BCUT2D eigenvalue weighted by Crippen LogP contribution is 2.28. The highest BCUT2D eigenvalue weighted by Gasteiger charge is 2.35. The minimum atomic E-state index is -3.61. The minimum Gasteiger partial charge on any atom is -0.340 e. The van der Waals surface area contributed by atoms with Crippen molar-refractivity contribution in [3.05, 3.63) is 65.9 Å². The SMILES string of the molecule is Cc1cnc(Nc2cccc(S(=O)(=O)NC3CCCC3)c2)nc1Nc1ccc(CNS(=O)(=O)C2CC2)cc1. The van der Waals surface area contributed by atoms with E-state index in [0.29, 0.717) is 17.5 Å². The summed E-state index contributed by atoms with van der Waals surface area (Å²) in [4.78, 5) is 9.10. The third kappa shape index (κ3) is 6.68. The second-order valence-corrected chi connectivity index (χ2v) is 13.6. The zero-order valence-electron chi connectivity index (χ0n) is 21.1. The Kier molecular flexibility index (Phi) is 7.66. The van der Waals surface area contributed by atoms with E-state index in [1.54, 1.807) is 30.5 Å². The highest BCUT2D eigenvalue weighted by atomic mass is 32.2. The van der Waals surface area contributed by atoms with Crippen molar-refractivity contribution in [2.24, 2.45) is 0 Å². The molecule has 202 valence electrons. The molecule has 5 rings (SSSR count). The molecule has 0 bridgehead atoms. The monoisotopic (exact) mass is 556 g/mol. The van der Waals surface area contributed by atoms with Gasteiger partial charge in [-0.25, -0.2) is 31.3 Å². The molecule has 4 N–H and O–H groups in total. The first-order valence-electron chi connectivity index (χ1n) is 12.8. The van der Waals surface area contributed by atoms with E-state index in [1.165, 1.54) is 0 Å². The third-order valence-corrected chi connectivity index (χ3v) is 10.1. The van der Waals surface area contributed by atoms with E-state index < -0.39 is 20.0 Å². The van der Waals surface area contributed by atoms with Crippen LogP contribution in [0.15, 0.2) is 59.6 Å². The number of benzene rings is 2. The van der Waals surface area contributed by atoms with Gasteiger partial charge in [-0.05, 0) is 68.5 Å². The van der Waals surface area contributed by atoms with Crippen molar-refractivity contribution < 1.29 is 16.8 Å². The van der Waals surface area contributed by atoms with E-state index in [0.717, 1.165) is 55.3 Å². The lowest BCUT2D eigenvalue weighted by molar-refractivity contribution is 0.552. The average Bonchev–Trinajstić information content (AvgIpc) is 3.65. The molecule has 3 aromatic rings. The maximum atomic E-state index is 12.8. The van der Waals surface area contributed by atoms with Crippen molar-refractivity contribution >= 4 is 43.2 Å². The number of nitrogens with zero attached hydrogens (tertiary/aromatic N) is 2. The molecule has 2 aliphatic carbocycles. The van der Waals surface area contributed by atoms with Crippen LogP contribution in [-0.4, -0.2) is 38.1 Å². The number of sulfonamides is 2. The van der Waals surface area contributed by atoms with Crippen molar-refractivity contribution in [3.63, 3.8) is 0 Å². The molecule has 1 aromatic heterocycles. The zero-order chi connectivity index (χ0) is 26.8. The van der Waals surface area contributed by atoms with Gasteiger partial charge in [0.15, 0.2) is 0 Å². The standard InChI is InChI=1S/C26H32N6O4S2/c1-18-16-27-26(30-22-7-4-8-24(15-22)38(35,36)32-21-5-2-3-6-21)31-25(18)29-20-11-9-19(10-12-20)17-28-37(33,34)23-13-14-23/h4,7-12,15-16,21,23,28,32H,2-3,5-6,13-14,17H2,1H3,(H2,27,29,30,31). The molecule has 12 heteroatoms. The molecule has 0 aliphatic heterocycles. The smallest absolute Gasteiger partial charge is 0.240 e. The Labute approximate surface area is 223 Å². The van der Waals surface area contributed by atoms with Crippen molar-refractivity contribution in [3.8, 4) is 0 Å². The summed E-state index contributed by atoms with van der Waals surface area (Å²) in [5.74, 6) is 0.916. The van der Waals surface area contributed by atoms with Crippen LogP contribution in [-0.2, 0) is 26.6 Å². The fourth-order valence-electron chi connectivity index (χ4n) is 4.35. The van der Waals surface area contributed by atoms with Gasteiger partial charge < -0.3 is 10.6 Å². The largest absolute Gasteiger partial charge is 0.340 e. The molecule has 0 amide bonds. The molecule has 0 radical (unpaired) electrons. The summed E-state index contributed by atoms with van der Waals surface area (Å²) in [6, 6.07) is 14.0. The molecule has 2 aliphatic rings. The van der Waals surface area contributed by atoms with E-state index in [4.69, 9.17) is 0 Å². The van der Waals surface area contributed by atoms with Gasteiger partial charge in [-0.1, -0.05) is 31.0 Å². The first-order chi connectivity index (χ1) is 18.2. The summed E-state index contributed by atoms with van der Waals surface area (Å²) in [5, 5.41) is 6.12. The fraction of sp³-hybridized carbons (Fsp3) is 0.385. The second kappa shape index (κ2) is 11.0. The van der Waals surface area contributed by atoms with E-state index in [2.05, 4.69) is 30.0 Å². The van der Waals surface area contributed by atoms with Crippen LogP contribution in [0.3, 0.4) is 0 Å². The zero-order valence-corrected chi connectivity index (χ0v) is 22.8. The normalized spacial score (nSPS) is 16.4. The lowest BCUT2D eigenvalue weighted by atomic mass is 10.2. The Balaban J connectivity index is 1.24. The van der Waals surface area contributed by atoms with Gasteiger partial charge in [-0.2, -0.15) is 4.98 Å². The Morgan fingerprint density at radius 2 is 1.63 bits per heavy atom. The summed E-state index contributed by atoms with van der Waals surface area (Å²) >= 11 is 0. The number of aryl methyl sites for hydroxylation is 1. The van der Waals surface area contributed by atoms with E-state index in [9.17, 15) is 16.8 Å². The van der Waals surface area contributed by atoms with Crippen molar-refractivity contribution in [2.75, 3.05) is 10.6 Å². The molecule has 1 heterocycles. The van der Waals surface area contributed by atoms with Crippen LogP contribution in [0.5, 0.6) is 0 Å². The molecule has 10 nitrogen and oxygen atoms in total. The van der Waals surface area contributed by atoms with Gasteiger partial charge >= 0.3 is 0 Å². The van der Waals surface area contributed by atoms with Gasteiger partial charge in [0.2, 0.25) is 26.0 Å². The van der Waals surface area contributed by atoms with Gasteiger partial charge in [0.25, 0.3) is 0 Å². The lowest BCUT2D eigenvalue weighted by Gasteiger charge is -2.14. The quantitative estimate of drug-likeness (QED) is 0.277. The molecule has 38 heavy (non-hydrogen) atoms. The van der Waals surface area contributed by atoms with Crippen LogP contribution < -0.4 is 20.1 Å².